The highest BCUT2D eigenvalue weighted by Gasteiger charge is 2.25. The molecule has 0 spiro atoms. The van der Waals surface area contributed by atoms with Crippen LogP contribution in [0.1, 0.15) is 10.4 Å². The number of carbonyl (C=O) groups is 1. The van der Waals surface area contributed by atoms with E-state index in [1.165, 1.54) is 23.7 Å². The molecule has 0 bridgehead atoms. The van der Waals surface area contributed by atoms with Crippen molar-refractivity contribution in [3.05, 3.63) is 34.0 Å². The normalized spacial score (nSPS) is 10.6. The van der Waals surface area contributed by atoms with Crippen molar-refractivity contribution < 1.29 is 15.0 Å². The number of hydrogen-bond acceptors (Lipinski definition) is 4. The van der Waals surface area contributed by atoms with Crippen LogP contribution < -0.4 is 11.2 Å². The summed E-state index contributed by atoms with van der Waals surface area (Å²) in [6.07, 6.45) is 0. The van der Waals surface area contributed by atoms with Gasteiger partial charge in [-0.15, -0.1) is 0 Å². The third-order valence-electron chi connectivity index (χ3n) is 2.63. The predicted octanol–water partition coefficient (Wildman–Crippen LogP) is 0.000200. The lowest BCUT2D eigenvalue weighted by molar-refractivity contribution is 0.0993. The maximum atomic E-state index is 11.6. The summed E-state index contributed by atoms with van der Waals surface area (Å²) in [5.74, 6) is -2.07. The minimum atomic E-state index is -0.999. The number of nitrogens with two attached hydrogens (primary N) is 1. The van der Waals surface area contributed by atoms with Crippen LogP contribution >= 0.6 is 0 Å². The van der Waals surface area contributed by atoms with Gasteiger partial charge in [-0.25, -0.2) is 0 Å². The van der Waals surface area contributed by atoms with Crippen molar-refractivity contribution in [2.45, 2.75) is 0 Å². The molecule has 1 amide bonds. The Bertz CT molecular complexity index is 645. The van der Waals surface area contributed by atoms with E-state index in [-0.39, 0.29) is 5.56 Å². The molecule has 1 aliphatic carbocycles. The summed E-state index contributed by atoms with van der Waals surface area (Å²) in [6.45, 7) is 0. The SMILES string of the molecule is Cn1c2cccc(=O)c-2c(O)c(C(N)=O)c1O. The highest BCUT2D eigenvalue weighted by atomic mass is 16.3. The topological polar surface area (TPSA) is 106 Å². The van der Waals surface area contributed by atoms with Crippen molar-refractivity contribution in [1.29, 1.82) is 0 Å². The lowest BCUT2D eigenvalue weighted by atomic mass is 10.0. The Labute approximate surface area is 95.9 Å². The monoisotopic (exact) mass is 234 g/mol. The molecule has 2 rings (SSSR count). The first-order valence-corrected chi connectivity index (χ1v) is 4.78. The van der Waals surface area contributed by atoms with E-state index < -0.39 is 28.5 Å². The fraction of sp³-hybridized carbons (Fsp3) is 0.0909. The second-order valence-corrected chi connectivity index (χ2v) is 3.62. The number of aromatic hydroxyl groups is 2. The fourth-order valence-electron chi connectivity index (χ4n) is 1.78. The largest absolute Gasteiger partial charge is 0.506 e. The highest BCUT2D eigenvalue weighted by Crippen LogP contribution is 2.36. The number of fused-ring (bicyclic) bond motifs is 1. The van der Waals surface area contributed by atoms with E-state index in [0.29, 0.717) is 5.69 Å². The molecule has 0 fully saturated rings. The number of primary amides is 1. The van der Waals surface area contributed by atoms with E-state index in [2.05, 4.69) is 0 Å². The Hall–Kier alpha value is -2.50. The highest BCUT2D eigenvalue weighted by molar-refractivity contribution is 6.00. The molecular weight excluding hydrogens is 224 g/mol. The van der Waals surface area contributed by atoms with E-state index in [0.717, 1.165) is 0 Å². The van der Waals surface area contributed by atoms with Gasteiger partial charge >= 0.3 is 0 Å². The van der Waals surface area contributed by atoms with Crippen molar-refractivity contribution in [2.24, 2.45) is 12.8 Å². The molecule has 88 valence electrons. The summed E-state index contributed by atoms with van der Waals surface area (Å²) in [5.41, 5.74) is 4.43. The first kappa shape index (κ1) is 11.0. The molecule has 1 heterocycles. The average Bonchev–Trinajstić information content (AvgIpc) is 2.25. The van der Waals surface area contributed by atoms with Gasteiger partial charge in [0.1, 0.15) is 11.3 Å². The van der Waals surface area contributed by atoms with Crippen molar-refractivity contribution in [3.63, 3.8) is 0 Å². The summed E-state index contributed by atoms with van der Waals surface area (Å²) >= 11 is 0. The van der Waals surface area contributed by atoms with Crippen LogP contribution in [0, 0.1) is 0 Å². The maximum Gasteiger partial charge on any atom is 0.257 e. The summed E-state index contributed by atoms with van der Waals surface area (Å²) in [7, 11) is 1.46. The van der Waals surface area contributed by atoms with Gasteiger partial charge in [0.25, 0.3) is 5.91 Å². The summed E-state index contributed by atoms with van der Waals surface area (Å²) in [6, 6.07) is 4.29. The van der Waals surface area contributed by atoms with Crippen molar-refractivity contribution in [1.82, 2.24) is 4.57 Å². The lowest BCUT2D eigenvalue weighted by Crippen LogP contribution is -2.18. The molecule has 0 saturated carbocycles. The smallest absolute Gasteiger partial charge is 0.257 e. The Morgan fingerprint density at radius 3 is 2.59 bits per heavy atom. The van der Waals surface area contributed by atoms with E-state index in [9.17, 15) is 19.8 Å². The van der Waals surface area contributed by atoms with Crippen LogP contribution in [0.25, 0.3) is 11.3 Å². The van der Waals surface area contributed by atoms with Crippen LogP contribution in [-0.2, 0) is 7.05 Å². The molecule has 1 aliphatic heterocycles. The molecule has 0 radical (unpaired) electrons. The van der Waals surface area contributed by atoms with Gasteiger partial charge in [-0.05, 0) is 12.1 Å². The number of hydrogen-bond donors (Lipinski definition) is 3. The second kappa shape index (κ2) is 3.51. The number of nitrogens with zero attached hydrogens (tertiary/aromatic N) is 1. The minimum absolute atomic E-state index is 0.0402. The maximum absolute atomic E-state index is 11.6. The van der Waals surface area contributed by atoms with Crippen LogP contribution in [0.3, 0.4) is 0 Å². The second-order valence-electron chi connectivity index (χ2n) is 3.62. The predicted molar refractivity (Wildman–Crippen MR) is 60.2 cm³/mol. The molecule has 0 aromatic rings. The fourth-order valence-corrected chi connectivity index (χ4v) is 1.78. The molecule has 0 aromatic carbocycles. The van der Waals surface area contributed by atoms with Gasteiger partial charge in [0, 0.05) is 7.05 Å². The van der Waals surface area contributed by atoms with Crippen molar-refractivity contribution >= 4 is 5.91 Å². The van der Waals surface area contributed by atoms with E-state index >= 15 is 0 Å². The molecule has 0 saturated heterocycles. The Balaban J connectivity index is 3.06. The van der Waals surface area contributed by atoms with Crippen LogP contribution in [0.15, 0.2) is 23.0 Å². The number of rotatable bonds is 1. The summed E-state index contributed by atoms with van der Waals surface area (Å²) in [5, 5.41) is 19.6. The van der Waals surface area contributed by atoms with Gasteiger partial charge in [0.15, 0.2) is 5.43 Å². The average molecular weight is 234 g/mol. The molecule has 2 aliphatic rings. The third-order valence-corrected chi connectivity index (χ3v) is 2.63. The van der Waals surface area contributed by atoms with Crippen molar-refractivity contribution in [2.75, 3.05) is 0 Å². The minimum Gasteiger partial charge on any atom is -0.506 e. The van der Waals surface area contributed by atoms with E-state index in [1.54, 1.807) is 6.07 Å². The number of pyridine rings is 1. The molecular formula is C11H10N2O4. The van der Waals surface area contributed by atoms with E-state index in [4.69, 9.17) is 5.73 Å². The Kier molecular flexibility index (Phi) is 2.27. The number of benzene rings is 1. The molecule has 17 heavy (non-hydrogen) atoms. The van der Waals surface area contributed by atoms with Gasteiger partial charge < -0.3 is 20.5 Å². The summed E-state index contributed by atoms with van der Waals surface area (Å²) in [4.78, 5) is 22.8. The summed E-state index contributed by atoms with van der Waals surface area (Å²) < 4.78 is 1.22. The van der Waals surface area contributed by atoms with Gasteiger partial charge in [0.2, 0.25) is 5.88 Å². The standard InChI is InChI=1S/C11H10N2O4/c1-13-5-3-2-4-6(14)7(5)9(15)8(10(12)16)11(13)17/h2-4,15,17H,1H3,(H2,12,16). The van der Waals surface area contributed by atoms with E-state index in [1.807, 2.05) is 0 Å². The van der Waals surface area contributed by atoms with Gasteiger partial charge in [-0.1, -0.05) is 6.07 Å². The Morgan fingerprint density at radius 1 is 1.35 bits per heavy atom. The zero-order chi connectivity index (χ0) is 12.7. The van der Waals surface area contributed by atoms with Crippen LogP contribution in [0.5, 0.6) is 11.6 Å². The molecule has 6 nitrogen and oxygen atoms in total. The first-order valence-electron chi connectivity index (χ1n) is 4.78. The third kappa shape index (κ3) is 1.42. The van der Waals surface area contributed by atoms with Gasteiger partial charge in [-0.2, -0.15) is 0 Å². The molecule has 6 heteroatoms. The lowest BCUT2D eigenvalue weighted by Gasteiger charge is -2.17. The Morgan fingerprint density at radius 2 is 2.00 bits per heavy atom. The quantitative estimate of drug-likeness (QED) is 0.645. The van der Waals surface area contributed by atoms with Crippen LogP contribution in [0.2, 0.25) is 0 Å². The first-order chi connectivity index (χ1) is 7.95. The van der Waals surface area contributed by atoms with Crippen LogP contribution in [-0.4, -0.2) is 20.7 Å². The van der Waals surface area contributed by atoms with Gasteiger partial charge in [0.05, 0.1) is 11.3 Å². The van der Waals surface area contributed by atoms with Crippen molar-refractivity contribution in [3.8, 4) is 22.9 Å². The molecule has 0 atom stereocenters. The number of amides is 1. The number of aromatic nitrogens is 1. The van der Waals surface area contributed by atoms with Crippen LogP contribution in [0.4, 0.5) is 0 Å². The zero-order valence-corrected chi connectivity index (χ0v) is 8.97. The molecule has 0 unspecified atom stereocenters. The molecule has 0 aromatic heterocycles. The number of carbonyl (C=O) groups excluding carboxylic acids is 1. The zero-order valence-electron chi connectivity index (χ0n) is 8.97. The molecule has 4 N–H and O–H groups in total. The van der Waals surface area contributed by atoms with Gasteiger partial charge in [-0.3, -0.25) is 9.59 Å².